The first-order valence-corrected chi connectivity index (χ1v) is 7.69. The van der Waals surface area contributed by atoms with E-state index < -0.39 is 0 Å². The molecule has 0 saturated heterocycles. The molecular weight excluding hydrogens is 306 g/mol. The molecule has 1 aliphatic carbocycles. The molecule has 0 spiro atoms. The lowest BCUT2D eigenvalue weighted by Crippen LogP contribution is -2.35. The van der Waals surface area contributed by atoms with Crippen molar-refractivity contribution < 1.29 is 9.47 Å². The van der Waals surface area contributed by atoms with E-state index >= 15 is 0 Å². The third kappa shape index (κ3) is 4.20. The summed E-state index contributed by atoms with van der Waals surface area (Å²) in [6.07, 6.45) is 6.10. The van der Waals surface area contributed by atoms with E-state index in [4.69, 9.17) is 15.2 Å². The molecule has 2 N–H and O–H groups in total. The Bertz CT molecular complexity index is 411. The molecule has 1 fully saturated rings. The van der Waals surface area contributed by atoms with Crippen LogP contribution in [0.25, 0.3) is 0 Å². The highest BCUT2D eigenvalue weighted by Gasteiger charge is 2.20. The normalized spacial score (nSPS) is 23.9. The first-order chi connectivity index (χ1) is 9.20. The highest BCUT2D eigenvalue weighted by Crippen LogP contribution is 2.26. The Morgan fingerprint density at radius 2 is 2.05 bits per heavy atom. The maximum absolute atomic E-state index is 6.16. The number of methoxy groups -OCH3 is 1. The summed E-state index contributed by atoms with van der Waals surface area (Å²) in [6.45, 7) is 0.612. The number of rotatable bonds is 4. The molecule has 1 saturated carbocycles. The third-order valence-electron chi connectivity index (χ3n) is 3.68. The highest BCUT2D eigenvalue weighted by molar-refractivity contribution is 9.10. The van der Waals surface area contributed by atoms with Crippen molar-refractivity contribution in [2.24, 2.45) is 5.73 Å². The molecule has 0 aromatic heterocycles. The Balaban J connectivity index is 1.92. The monoisotopic (exact) mass is 327 g/mol. The number of ether oxygens (including phenoxy) is 2. The molecule has 1 aromatic rings. The Morgan fingerprint density at radius 3 is 2.79 bits per heavy atom. The summed E-state index contributed by atoms with van der Waals surface area (Å²) in [4.78, 5) is 0. The topological polar surface area (TPSA) is 44.5 Å². The van der Waals surface area contributed by atoms with E-state index in [-0.39, 0.29) is 12.1 Å². The summed E-state index contributed by atoms with van der Waals surface area (Å²) in [6, 6.07) is 6.21. The van der Waals surface area contributed by atoms with Crippen LogP contribution < -0.4 is 10.5 Å². The molecule has 1 aliphatic rings. The van der Waals surface area contributed by atoms with Crippen molar-refractivity contribution in [1.82, 2.24) is 0 Å². The van der Waals surface area contributed by atoms with Crippen molar-refractivity contribution >= 4 is 15.9 Å². The Hall–Kier alpha value is -0.580. The van der Waals surface area contributed by atoms with Crippen LogP contribution >= 0.6 is 15.9 Å². The molecular formula is C15H22BrNO2. The lowest BCUT2D eigenvalue weighted by molar-refractivity contribution is 0.0194. The van der Waals surface area contributed by atoms with Gasteiger partial charge in [0.05, 0.1) is 24.3 Å². The van der Waals surface area contributed by atoms with Crippen molar-refractivity contribution in [3.05, 3.63) is 28.2 Å². The van der Waals surface area contributed by atoms with Crippen LogP contribution in [0.1, 0.15) is 37.7 Å². The summed E-state index contributed by atoms with van der Waals surface area (Å²) >= 11 is 3.49. The second-order valence-electron chi connectivity index (χ2n) is 5.12. The van der Waals surface area contributed by atoms with Gasteiger partial charge < -0.3 is 15.2 Å². The van der Waals surface area contributed by atoms with Crippen molar-refractivity contribution in [2.75, 3.05) is 7.11 Å². The van der Waals surface area contributed by atoms with Crippen molar-refractivity contribution in [3.8, 4) is 5.75 Å². The maximum Gasteiger partial charge on any atom is 0.133 e. The first kappa shape index (κ1) is 14.8. The van der Waals surface area contributed by atoms with E-state index in [1.54, 1.807) is 7.11 Å². The molecule has 2 unspecified atom stereocenters. The van der Waals surface area contributed by atoms with E-state index in [1.165, 1.54) is 19.3 Å². The number of nitrogens with two attached hydrogens (primary N) is 1. The van der Waals surface area contributed by atoms with Gasteiger partial charge >= 0.3 is 0 Å². The maximum atomic E-state index is 6.16. The number of halogens is 1. The summed E-state index contributed by atoms with van der Waals surface area (Å²) in [5.74, 6) is 0.843. The summed E-state index contributed by atoms with van der Waals surface area (Å²) < 4.78 is 12.2. The van der Waals surface area contributed by atoms with Crippen molar-refractivity contribution in [2.45, 2.75) is 50.9 Å². The van der Waals surface area contributed by atoms with E-state index in [0.29, 0.717) is 6.61 Å². The molecule has 0 radical (unpaired) electrons. The predicted octanol–water partition coefficient (Wildman–Crippen LogP) is 3.63. The average Bonchev–Trinajstić information content (AvgIpc) is 2.61. The molecule has 0 amide bonds. The Morgan fingerprint density at radius 1 is 1.26 bits per heavy atom. The fourth-order valence-electron chi connectivity index (χ4n) is 2.51. The van der Waals surface area contributed by atoms with Crippen molar-refractivity contribution in [1.29, 1.82) is 0 Å². The van der Waals surface area contributed by atoms with Crippen LogP contribution in [0.15, 0.2) is 22.7 Å². The average molecular weight is 328 g/mol. The zero-order valence-electron chi connectivity index (χ0n) is 11.4. The molecule has 1 aromatic carbocycles. The minimum Gasteiger partial charge on any atom is -0.496 e. The zero-order chi connectivity index (χ0) is 13.7. The van der Waals surface area contributed by atoms with Gasteiger partial charge in [0.1, 0.15) is 5.75 Å². The molecule has 0 heterocycles. The summed E-state index contributed by atoms with van der Waals surface area (Å²) in [5.41, 5.74) is 7.31. The number of hydrogen-bond donors (Lipinski definition) is 1. The van der Waals surface area contributed by atoms with Crippen LogP contribution in [0.5, 0.6) is 5.75 Å². The van der Waals surface area contributed by atoms with Crippen LogP contribution in [0.2, 0.25) is 0 Å². The van der Waals surface area contributed by atoms with Crippen molar-refractivity contribution in [3.63, 3.8) is 0 Å². The smallest absolute Gasteiger partial charge is 0.133 e. The molecule has 19 heavy (non-hydrogen) atoms. The Kier molecular flexibility index (Phi) is 5.67. The van der Waals surface area contributed by atoms with Crippen LogP contribution in [0, 0.1) is 0 Å². The van der Waals surface area contributed by atoms with Gasteiger partial charge in [-0.3, -0.25) is 0 Å². The van der Waals surface area contributed by atoms with Gasteiger partial charge in [0.2, 0.25) is 0 Å². The van der Waals surface area contributed by atoms with Gasteiger partial charge in [0.15, 0.2) is 0 Å². The standard InChI is InChI=1S/C15H22BrNO2/c1-18-14-8-7-11(9-12(14)16)10-19-15-6-4-2-3-5-13(15)17/h7-9,13,15H,2-6,10,17H2,1H3. The van der Waals surface area contributed by atoms with E-state index in [0.717, 1.165) is 28.6 Å². The molecule has 3 nitrogen and oxygen atoms in total. The lowest BCUT2D eigenvalue weighted by Gasteiger charge is -2.22. The fraction of sp³-hybridized carbons (Fsp3) is 0.600. The largest absolute Gasteiger partial charge is 0.496 e. The predicted molar refractivity (Wildman–Crippen MR) is 80.3 cm³/mol. The molecule has 0 bridgehead atoms. The summed E-state index contributed by atoms with van der Waals surface area (Å²) in [5, 5.41) is 0. The third-order valence-corrected chi connectivity index (χ3v) is 4.30. The van der Waals surface area contributed by atoms with E-state index in [2.05, 4.69) is 15.9 Å². The summed E-state index contributed by atoms with van der Waals surface area (Å²) in [7, 11) is 1.67. The fourth-order valence-corrected chi connectivity index (χ4v) is 3.10. The number of benzene rings is 1. The van der Waals surface area contributed by atoms with E-state index in [1.807, 2.05) is 18.2 Å². The molecule has 2 atom stereocenters. The zero-order valence-corrected chi connectivity index (χ0v) is 13.0. The van der Waals surface area contributed by atoms with Gasteiger partial charge in [-0.2, -0.15) is 0 Å². The highest BCUT2D eigenvalue weighted by atomic mass is 79.9. The second-order valence-corrected chi connectivity index (χ2v) is 5.97. The van der Waals surface area contributed by atoms with Crippen LogP contribution in [-0.2, 0) is 11.3 Å². The minimum absolute atomic E-state index is 0.184. The quantitative estimate of drug-likeness (QED) is 0.859. The van der Waals surface area contributed by atoms with Gasteiger partial charge in [0.25, 0.3) is 0 Å². The van der Waals surface area contributed by atoms with Gasteiger partial charge in [-0.1, -0.05) is 25.3 Å². The number of hydrogen-bond acceptors (Lipinski definition) is 3. The minimum atomic E-state index is 0.184. The molecule has 106 valence electrons. The molecule has 0 aliphatic heterocycles. The van der Waals surface area contributed by atoms with Crippen LogP contribution in [0.3, 0.4) is 0 Å². The van der Waals surface area contributed by atoms with Gasteiger partial charge in [0, 0.05) is 6.04 Å². The van der Waals surface area contributed by atoms with Gasteiger partial charge in [-0.05, 0) is 46.5 Å². The van der Waals surface area contributed by atoms with Gasteiger partial charge in [-0.25, -0.2) is 0 Å². The van der Waals surface area contributed by atoms with Gasteiger partial charge in [-0.15, -0.1) is 0 Å². The molecule has 4 heteroatoms. The Labute approximate surface area is 123 Å². The second kappa shape index (κ2) is 7.27. The van der Waals surface area contributed by atoms with Crippen LogP contribution in [0.4, 0.5) is 0 Å². The lowest BCUT2D eigenvalue weighted by atomic mass is 10.1. The van der Waals surface area contributed by atoms with E-state index in [9.17, 15) is 0 Å². The SMILES string of the molecule is COc1ccc(COC2CCCCCC2N)cc1Br. The molecule has 2 rings (SSSR count). The van der Waals surface area contributed by atoms with Crippen LogP contribution in [-0.4, -0.2) is 19.3 Å². The first-order valence-electron chi connectivity index (χ1n) is 6.90.